The summed E-state index contributed by atoms with van der Waals surface area (Å²) in [7, 11) is 0. The number of pyridine rings is 2. The lowest BCUT2D eigenvalue weighted by Gasteiger charge is -2.54. The number of aromatic amines is 2. The molecule has 0 saturated carbocycles. The first kappa shape index (κ1) is 24.6. The van der Waals surface area contributed by atoms with Gasteiger partial charge in [0.05, 0.1) is 11.7 Å². The first-order valence-electron chi connectivity index (χ1n) is 13.6. The minimum Gasteiger partial charge on any atom is -0.486 e. The lowest BCUT2D eigenvalue weighted by Crippen LogP contribution is -2.61. The van der Waals surface area contributed by atoms with Crippen molar-refractivity contribution in [2.75, 3.05) is 31.1 Å². The predicted octanol–water partition coefficient (Wildman–Crippen LogP) is 5.23. The highest BCUT2D eigenvalue weighted by atomic mass is 19.1. The molecular weight excluding hydrogens is 509 g/mol. The SMILES string of the molecule is CC(=O)N1CCC2(CC1)CN(c1ccc(-c3n[nH]c4ccc(O[C@@H](C)c5c(F)cnc6[nH]ccc56)cc34)cn1)C2. The summed E-state index contributed by atoms with van der Waals surface area (Å²) in [4.78, 5) is 27.8. The molecule has 0 radical (unpaired) electrons. The highest BCUT2D eigenvalue weighted by molar-refractivity contribution is 5.93. The number of carbonyl (C=O) groups is 1. The molecule has 7 rings (SSSR count). The highest BCUT2D eigenvalue weighted by Gasteiger charge is 2.45. The summed E-state index contributed by atoms with van der Waals surface area (Å²) in [5.74, 6) is 1.35. The molecule has 1 atom stereocenters. The molecular formula is C30H30FN7O2. The molecule has 10 heteroatoms. The van der Waals surface area contributed by atoms with Gasteiger partial charge in [-0.1, -0.05) is 0 Å². The molecule has 1 spiro atoms. The van der Waals surface area contributed by atoms with Crippen molar-refractivity contribution in [3.8, 4) is 17.0 Å². The minimum absolute atomic E-state index is 0.170. The fraction of sp³-hybridized carbons (Fsp3) is 0.333. The third-order valence-corrected chi connectivity index (χ3v) is 8.50. The van der Waals surface area contributed by atoms with Gasteiger partial charge in [0.2, 0.25) is 5.91 Å². The Morgan fingerprint density at radius 1 is 1.07 bits per heavy atom. The van der Waals surface area contributed by atoms with Crippen molar-refractivity contribution in [2.45, 2.75) is 32.8 Å². The number of ether oxygens (including phenoxy) is 1. The van der Waals surface area contributed by atoms with Gasteiger partial charge >= 0.3 is 0 Å². The zero-order chi connectivity index (χ0) is 27.4. The van der Waals surface area contributed by atoms with Crippen LogP contribution >= 0.6 is 0 Å². The van der Waals surface area contributed by atoms with Gasteiger partial charge in [-0.3, -0.25) is 9.89 Å². The van der Waals surface area contributed by atoms with Crippen molar-refractivity contribution in [1.29, 1.82) is 0 Å². The maximum absolute atomic E-state index is 14.7. The summed E-state index contributed by atoms with van der Waals surface area (Å²) >= 11 is 0. The second kappa shape index (κ2) is 9.32. The van der Waals surface area contributed by atoms with E-state index in [-0.39, 0.29) is 5.91 Å². The second-order valence-corrected chi connectivity index (χ2v) is 11.1. The third-order valence-electron chi connectivity index (χ3n) is 8.50. The van der Waals surface area contributed by atoms with Crippen LogP contribution in [0.15, 0.2) is 55.0 Å². The van der Waals surface area contributed by atoms with E-state index in [9.17, 15) is 9.18 Å². The monoisotopic (exact) mass is 539 g/mol. The summed E-state index contributed by atoms with van der Waals surface area (Å²) in [6.45, 7) is 7.13. The fourth-order valence-electron chi connectivity index (χ4n) is 6.22. The van der Waals surface area contributed by atoms with Crippen molar-refractivity contribution in [1.82, 2.24) is 30.0 Å². The van der Waals surface area contributed by atoms with E-state index in [2.05, 4.69) is 25.1 Å². The van der Waals surface area contributed by atoms with Crippen LogP contribution in [0.1, 0.15) is 38.4 Å². The Labute approximate surface area is 230 Å². The van der Waals surface area contributed by atoms with Crippen molar-refractivity contribution < 1.29 is 13.9 Å². The van der Waals surface area contributed by atoms with Crippen LogP contribution in [0.2, 0.25) is 0 Å². The van der Waals surface area contributed by atoms with Gasteiger partial charge in [-0.25, -0.2) is 14.4 Å². The molecule has 2 aliphatic heterocycles. The predicted molar refractivity (Wildman–Crippen MR) is 151 cm³/mol. The standard InChI is InChI=1S/C30H30FN7O2/c1-18(27-22-7-10-32-29(22)34-15-24(27)31)40-21-4-5-25-23(13-21)28(36-35-25)20-3-6-26(33-14-20)38-16-30(17-38)8-11-37(12-9-30)19(2)39/h3-7,10,13-15,18H,8-9,11-12,16-17H2,1-2H3,(H,32,34)(H,35,36)/t18-/m0/s1. The summed E-state index contributed by atoms with van der Waals surface area (Å²) in [5, 5.41) is 9.26. The van der Waals surface area contributed by atoms with E-state index in [4.69, 9.17) is 9.72 Å². The number of nitrogens with zero attached hydrogens (tertiary/aromatic N) is 5. The molecule has 2 N–H and O–H groups in total. The summed E-state index contributed by atoms with van der Waals surface area (Å²) in [5.41, 5.74) is 3.96. The van der Waals surface area contributed by atoms with Gasteiger partial charge in [0.15, 0.2) is 0 Å². The number of rotatable bonds is 5. The first-order chi connectivity index (χ1) is 19.4. The van der Waals surface area contributed by atoms with E-state index >= 15 is 0 Å². The number of H-pyrrole nitrogens is 2. The van der Waals surface area contributed by atoms with Crippen LogP contribution in [-0.2, 0) is 4.79 Å². The van der Waals surface area contributed by atoms with Crippen LogP contribution < -0.4 is 9.64 Å². The Morgan fingerprint density at radius 3 is 2.65 bits per heavy atom. The number of hydrogen-bond acceptors (Lipinski definition) is 6. The zero-order valence-electron chi connectivity index (χ0n) is 22.4. The number of nitrogens with one attached hydrogen (secondary N) is 2. The van der Waals surface area contributed by atoms with Crippen molar-refractivity contribution in [2.24, 2.45) is 5.41 Å². The summed E-state index contributed by atoms with van der Waals surface area (Å²) in [6, 6.07) is 11.6. The Morgan fingerprint density at radius 2 is 1.90 bits per heavy atom. The number of fused-ring (bicyclic) bond motifs is 2. The number of carbonyl (C=O) groups excluding carboxylic acids is 1. The molecule has 2 saturated heterocycles. The first-order valence-corrected chi connectivity index (χ1v) is 13.6. The average Bonchev–Trinajstić information content (AvgIpc) is 3.59. The molecule has 2 aliphatic rings. The number of hydrogen-bond donors (Lipinski definition) is 2. The van der Waals surface area contributed by atoms with Gasteiger partial charge in [0.25, 0.3) is 0 Å². The summed E-state index contributed by atoms with van der Waals surface area (Å²) in [6.07, 6.45) is 6.40. The zero-order valence-corrected chi connectivity index (χ0v) is 22.4. The molecule has 6 heterocycles. The highest BCUT2D eigenvalue weighted by Crippen LogP contribution is 2.42. The second-order valence-electron chi connectivity index (χ2n) is 11.1. The van der Waals surface area contributed by atoms with E-state index in [0.29, 0.717) is 27.8 Å². The largest absolute Gasteiger partial charge is 0.486 e. The number of piperidine rings is 1. The van der Waals surface area contributed by atoms with Crippen LogP contribution in [0.25, 0.3) is 33.2 Å². The molecule has 4 aromatic heterocycles. The number of halogens is 1. The average molecular weight is 540 g/mol. The van der Waals surface area contributed by atoms with Gasteiger partial charge in [0.1, 0.15) is 34.8 Å². The van der Waals surface area contributed by atoms with E-state index in [1.807, 2.05) is 54.4 Å². The Balaban J connectivity index is 1.07. The van der Waals surface area contributed by atoms with Crippen LogP contribution in [-0.4, -0.2) is 62.1 Å². The third kappa shape index (κ3) is 4.14. The van der Waals surface area contributed by atoms with Crippen molar-refractivity contribution >= 4 is 33.7 Å². The van der Waals surface area contributed by atoms with E-state index in [1.165, 1.54) is 6.20 Å². The molecule has 204 valence electrons. The maximum atomic E-state index is 14.7. The molecule has 0 unspecified atom stereocenters. The quantitative estimate of drug-likeness (QED) is 0.317. The van der Waals surface area contributed by atoms with Crippen LogP contribution in [0, 0.1) is 11.2 Å². The van der Waals surface area contributed by atoms with E-state index in [0.717, 1.165) is 67.0 Å². The number of aromatic nitrogens is 5. The maximum Gasteiger partial charge on any atom is 0.219 e. The molecule has 0 aliphatic carbocycles. The molecule has 5 aromatic rings. The molecule has 1 aromatic carbocycles. The van der Waals surface area contributed by atoms with Gasteiger partial charge in [0, 0.05) is 72.8 Å². The number of likely N-dealkylation sites (tertiary alicyclic amines) is 1. The van der Waals surface area contributed by atoms with Gasteiger partial charge in [-0.2, -0.15) is 5.10 Å². The molecule has 9 nitrogen and oxygen atoms in total. The Kier molecular flexibility index (Phi) is 5.72. The van der Waals surface area contributed by atoms with Gasteiger partial charge in [-0.05, 0) is 56.2 Å². The lowest BCUT2D eigenvalue weighted by molar-refractivity contribution is -0.131. The lowest BCUT2D eigenvalue weighted by atomic mass is 9.72. The molecule has 1 amide bonds. The molecule has 40 heavy (non-hydrogen) atoms. The summed E-state index contributed by atoms with van der Waals surface area (Å²) < 4.78 is 20.9. The van der Waals surface area contributed by atoms with Gasteiger partial charge in [-0.15, -0.1) is 0 Å². The number of benzene rings is 1. The topological polar surface area (TPSA) is 103 Å². The van der Waals surface area contributed by atoms with E-state index < -0.39 is 11.9 Å². The van der Waals surface area contributed by atoms with Crippen LogP contribution in [0.4, 0.5) is 10.2 Å². The number of anilines is 1. The Hall–Kier alpha value is -4.47. The normalized spacial score (nSPS) is 17.4. The van der Waals surface area contributed by atoms with Gasteiger partial charge < -0.3 is 19.5 Å². The fourth-order valence-corrected chi connectivity index (χ4v) is 6.22. The molecule has 2 fully saturated rings. The number of amides is 1. The van der Waals surface area contributed by atoms with E-state index in [1.54, 1.807) is 13.1 Å². The van der Waals surface area contributed by atoms with Crippen molar-refractivity contribution in [3.05, 3.63) is 66.4 Å². The smallest absolute Gasteiger partial charge is 0.219 e. The van der Waals surface area contributed by atoms with Crippen molar-refractivity contribution in [3.63, 3.8) is 0 Å². The Bertz CT molecular complexity index is 1710. The molecule has 0 bridgehead atoms. The van der Waals surface area contributed by atoms with Crippen LogP contribution in [0.5, 0.6) is 5.75 Å². The van der Waals surface area contributed by atoms with Crippen LogP contribution in [0.3, 0.4) is 0 Å². The minimum atomic E-state index is -0.524.